The van der Waals surface area contributed by atoms with Gasteiger partial charge in [0, 0.05) is 22.8 Å². The number of piperidine rings is 1. The molecule has 0 saturated carbocycles. The van der Waals surface area contributed by atoms with Gasteiger partial charge in [-0.15, -0.1) is 22.7 Å². The first-order valence-corrected chi connectivity index (χ1v) is 8.98. The van der Waals surface area contributed by atoms with Crippen LogP contribution < -0.4 is 5.32 Å². The number of likely N-dealkylation sites (tertiary alicyclic amines) is 1. The van der Waals surface area contributed by atoms with E-state index < -0.39 is 0 Å². The summed E-state index contributed by atoms with van der Waals surface area (Å²) in [5, 5.41) is 6.97. The molecular formula is C15H19N3OS2. The van der Waals surface area contributed by atoms with Crippen LogP contribution >= 0.6 is 22.7 Å². The van der Waals surface area contributed by atoms with E-state index in [0.29, 0.717) is 24.2 Å². The summed E-state index contributed by atoms with van der Waals surface area (Å²) < 4.78 is 0. The molecule has 0 spiro atoms. The third kappa shape index (κ3) is 3.33. The Morgan fingerprint density at radius 2 is 2.48 bits per heavy atom. The zero-order valence-corrected chi connectivity index (χ0v) is 13.6. The maximum absolute atomic E-state index is 12.0. The number of thiophene rings is 1. The van der Waals surface area contributed by atoms with Gasteiger partial charge in [0.15, 0.2) is 0 Å². The quantitative estimate of drug-likeness (QED) is 0.941. The number of carbonyl (C=O) groups is 1. The van der Waals surface area contributed by atoms with Gasteiger partial charge in [-0.25, -0.2) is 4.98 Å². The van der Waals surface area contributed by atoms with E-state index in [0.717, 1.165) is 13.0 Å². The second-order valence-electron chi connectivity index (χ2n) is 5.43. The van der Waals surface area contributed by atoms with Crippen LogP contribution in [0.25, 0.3) is 0 Å². The van der Waals surface area contributed by atoms with Crippen molar-refractivity contribution >= 4 is 28.6 Å². The van der Waals surface area contributed by atoms with Gasteiger partial charge in [-0.2, -0.15) is 0 Å². The van der Waals surface area contributed by atoms with Crippen molar-refractivity contribution in [2.75, 3.05) is 20.1 Å². The maximum atomic E-state index is 12.0. The number of nitrogens with one attached hydrogen (secondary N) is 1. The second kappa shape index (κ2) is 6.68. The molecule has 0 aliphatic carbocycles. The Morgan fingerprint density at radius 3 is 3.19 bits per heavy atom. The Labute approximate surface area is 132 Å². The Hall–Kier alpha value is -1.24. The Bertz CT molecular complexity index is 568. The van der Waals surface area contributed by atoms with Gasteiger partial charge in [-0.3, -0.25) is 9.69 Å². The molecule has 1 aliphatic rings. The first-order chi connectivity index (χ1) is 10.3. The smallest absolute Gasteiger partial charge is 0.270 e. The van der Waals surface area contributed by atoms with Gasteiger partial charge in [0.2, 0.25) is 0 Å². The maximum Gasteiger partial charge on any atom is 0.270 e. The summed E-state index contributed by atoms with van der Waals surface area (Å²) in [5.41, 5.74) is 2.22. The number of aromatic nitrogens is 1. The zero-order valence-electron chi connectivity index (χ0n) is 12.0. The molecule has 21 heavy (non-hydrogen) atoms. The minimum absolute atomic E-state index is 0.0607. The number of nitrogens with zero attached hydrogens (tertiary/aromatic N) is 2. The number of thiazole rings is 1. The molecule has 2 atom stereocenters. The number of hydrogen-bond acceptors (Lipinski definition) is 5. The average Bonchev–Trinajstić information content (AvgIpc) is 3.17. The molecule has 3 rings (SSSR count). The molecular weight excluding hydrogens is 302 g/mol. The van der Waals surface area contributed by atoms with E-state index in [1.165, 1.54) is 22.6 Å². The lowest BCUT2D eigenvalue weighted by molar-refractivity contribution is 0.0891. The van der Waals surface area contributed by atoms with Crippen molar-refractivity contribution in [1.29, 1.82) is 0 Å². The molecule has 1 fully saturated rings. The summed E-state index contributed by atoms with van der Waals surface area (Å²) in [6, 6.07) is 4.72. The van der Waals surface area contributed by atoms with Gasteiger partial charge in [-0.1, -0.05) is 6.07 Å². The van der Waals surface area contributed by atoms with Gasteiger partial charge in [0.05, 0.1) is 5.51 Å². The summed E-state index contributed by atoms with van der Waals surface area (Å²) in [6.45, 7) is 1.84. The van der Waals surface area contributed by atoms with Gasteiger partial charge >= 0.3 is 0 Å². The van der Waals surface area contributed by atoms with Crippen LogP contribution in [-0.4, -0.2) is 35.9 Å². The van der Waals surface area contributed by atoms with Crippen molar-refractivity contribution in [3.05, 3.63) is 39.0 Å². The first kappa shape index (κ1) is 14.7. The topological polar surface area (TPSA) is 45.2 Å². The van der Waals surface area contributed by atoms with Crippen molar-refractivity contribution in [1.82, 2.24) is 15.2 Å². The van der Waals surface area contributed by atoms with E-state index in [2.05, 4.69) is 39.8 Å². The molecule has 1 saturated heterocycles. The van der Waals surface area contributed by atoms with E-state index >= 15 is 0 Å². The largest absolute Gasteiger partial charge is 0.350 e. The lowest BCUT2D eigenvalue weighted by Gasteiger charge is -2.38. The standard InChI is InChI=1S/C15H19N3OS2/c1-18-6-2-4-11(14(18)13-5-3-7-21-13)8-16-15(19)12-9-20-10-17-12/h3,5,7,9-11,14H,2,4,6,8H2,1H3,(H,16,19)/t11-,14-/m0/s1. The highest BCUT2D eigenvalue weighted by atomic mass is 32.1. The summed E-state index contributed by atoms with van der Waals surface area (Å²) in [6.07, 6.45) is 2.35. The summed E-state index contributed by atoms with van der Waals surface area (Å²) in [5.74, 6) is 0.402. The van der Waals surface area contributed by atoms with Crippen LogP contribution in [-0.2, 0) is 0 Å². The predicted octanol–water partition coefficient (Wildman–Crippen LogP) is 3.02. The van der Waals surface area contributed by atoms with Gasteiger partial charge in [0.1, 0.15) is 5.69 Å². The number of hydrogen-bond donors (Lipinski definition) is 1. The fourth-order valence-electron chi connectivity index (χ4n) is 3.02. The third-order valence-electron chi connectivity index (χ3n) is 4.03. The first-order valence-electron chi connectivity index (χ1n) is 7.15. The van der Waals surface area contributed by atoms with E-state index in [1.807, 2.05) is 0 Å². The molecule has 6 heteroatoms. The fourth-order valence-corrected chi connectivity index (χ4v) is 4.54. The van der Waals surface area contributed by atoms with Crippen LogP contribution in [0.3, 0.4) is 0 Å². The molecule has 112 valence electrons. The van der Waals surface area contributed by atoms with Crippen LogP contribution in [0.2, 0.25) is 0 Å². The summed E-state index contributed by atoms with van der Waals surface area (Å²) >= 11 is 3.25. The van der Waals surface area contributed by atoms with E-state index in [9.17, 15) is 4.79 Å². The van der Waals surface area contributed by atoms with Crippen LogP contribution in [0.15, 0.2) is 28.4 Å². The molecule has 2 aromatic heterocycles. The molecule has 3 heterocycles. The average molecular weight is 321 g/mol. The molecule has 0 radical (unpaired) electrons. The minimum atomic E-state index is -0.0607. The Balaban J connectivity index is 1.66. The molecule has 0 aromatic carbocycles. The van der Waals surface area contributed by atoms with Crippen molar-refractivity contribution in [3.63, 3.8) is 0 Å². The van der Waals surface area contributed by atoms with Crippen LogP contribution in [0, 0.1) is 5.92 Å². The van der Waals surface area contributed by atoms with E-state index in [1.54, 1.807) is 22.2 Å². The zero-order chi connectivity index (χ0) is 14.7. The van der Waals surface area contributed by atoms with Gasteiger partial charge in [0.25, 0.3) is 5.91 Å². The number of amides is 1. The Kier molecular flexibility index (Phi) is 4.67. The summed E-state index contributed by atoms with van der Waals surface area (Å²) in [4.78, 5) is 19.9. The van der Waals surface area contributed by atoms with Crippen molar-refractivity contribution < 1.29 is 4.79 Å². The number of rotatable bonds is 4. The van der Waals surface area contributed by atoms with Gasteiger partial charge < -0.3 is 5.32 Å². The van der Waals surface area contributed by atoms with Crippen LogP contribution in [0.1, 0.15) is 34.2 Å². The minimum Gasteiger partial charge on any atom is -0.350 e. The molecule has 0 bridgehead atoms. The van der Waals surface area contributed by atoms with Crippen molar-refractivity contribution in [2.24, 2.45) is 5.92 Å². The Morgan fingerprint density at radius 1 is 1.57 bits per heavy atom. The monoisotopic (exact) mass is 321 g/mol. The van der Waals surface area contributed by atoms with Gasteiger partial charge in [-0.05, 0) is 43.8 Å². The van der Waals surface area contributed by atoms with Crippen molar-refractivity contribution in [3.8, 4) is 0 Å². The van der Waals surface area contributed by atoms with Crippen LogP contribution in [0.4, 0.5) is 0 Å². The molecule has 2 aromatic rings. The van der Waals surface area contributed by atoms with Crippen molar-refractivity contribution in [2.45, 2.75) is 18.9 Å². The van der Waals surface area contributed by atoms with Crippen LogP contribution in [0.5, 0.6) is 0 Å². The molecule has 1 amide bonds. The fraction of sp³-hybridized carbons (Fsp3) is 0.467. The molecule has 1 N–H and O–H groups in total. The SMILES string of the molecule is CN1CCC[C@@H](CNC(=O)c2cscn2)[C@H]1c1cccs1. The van der Waals surface area contributed by atoms with E-state index in [4.69, 9.17) is 0 Å². The summed E-state index contributed by atoms with van der Waals surface area (Å²) in [7, 11) is 2.18. The molecule has 0 unspecified atom stereocenters. The third-order valence-corrected chi connectivity index (χ3v) is 5.56. The number of carbonyl (C=O) groups excluding carboxylic acids is 1. The highest BCUT2D eigenvalue weighted by Gasteiger charge is 2.31. The normalized spacial score (nSPS) is 23.1. The predicted molar refractivity (Wildman–Crippen MR) is 86.9 cm³/mol. The lowest BCUT2D eigenvalue weighted by Crippen LogP contribution is -2.41. The lowest BCUT2D eigenvalue weighted by atomic mass is 9.88. The highest BCUT2D eigenvalue weighted by molar-refractivity contribution is 7.10. The highest BCUT2D eigenvalue weighted by Crippen LogP contribution is 2.36. The molecule has 1 aliphatic heterocycles. The second-order valence-corrected chi connectivity index (χ2v) is 7.12. The molecule has 4 nitrogen and oxygen atoms in total. The van der Waals surface area contributed by atoms with E-state index in [-0.39, 0.29) is 5.91 Å².